The number of halogens is 2. The van der Waals surface area contributed by atoms with E-state index in [0.29, 0.717) is 10.2 Å². The van der Waals surface area contributed by atoms with Crippen LogP contribution in [0.1, 0.15) is 9.67 Å². The Hall–Kier alpha value is -2.27. The molecule has 0 atom stereocenters. The summed E-state index contributed by atoms with van der Waals surface area (Å²) in [7, 11) is 1.23. The number of rotatable bonds is 4. The molecule has 0 saturated heterocycles. The van der Waals surface area contributed by atoms with Crippen molar-refractivity contribution in [1.29, 1.82) is 0 Å². The summed E-state index contributed by atoms with van der Waals surface area (Å²) in [6.07, 6.45) is 0. The molecule has 0 N–H and O–H groups in total. The number of carbonyl (C=O) groups excluding carboxylic acids is 2. The minimum atomic E-state index is -0.666. The lowest BCUT2D eigenvalue weighted by Crippen LogP contribution is -2.22. The first-order valence-electron chi connectivity index (χ1n) is 7.19. The van der Waals surface area contributed by atoms with Crippen molar-refractivity contribution in [2.24, 2.45) is 4.99 Å². The van der Waals surface area contributed by atoms with Gasteiger partial charge in [0.05, 0.1) is 32.3 Å². The topological polar surface area (TPSA) is 104 Å². The lowest BCUT2D eigenvalue weighted by atomic mass is 10.3. The smallest absolute Gasteiger partial charge is 0.325 e. The Balaban J connectivity index is 2.16. The van der Waals surface area contributed by atoms with E-state index < -0.39 is 16.8 Å². The highest BCUT2D eigenvalue weighted by Gasteiger charge is 2.18. The van der Waals surface area contributed by atoms with Crippen molar-refractivity contribution in [2.45, 2.75) is 6.54 Å². The lowest BCUT2D eigenvalue weighted by Gasteiger charge is -2.05. The van der Waals surface area contributed by atoms with Crippen LogP contribution >= 0.6 is 45.9 Å². The number of hydrogen-bond acceptors (Lipinski definition) is 7. The molecule has 1 amide bonds. The second-order valence-corrected chi connectivity index (χ2v) is 7.92. The first kappa shape index (κ1) is 19.5. The van der Waals surface area contributed by atoms with Gasteiger partial charge in [-0.1, -0.05) is 45.9 Å². The van der Waals surface area contributed by atoms with Crippen LogP contribution in [0.5, 0.6) is 0 Å². The van der Waals surface area contributed by atoms with E-state index >= 15 is 0 Å². The van der Waals surface area contributed by atoms with Gasteiger partial charge in [0.2, 0.25) is 0 Å². The highest BCUT2D eigenvalue weighted by molar-refractivity contribution is 7.17. The standard InChI is InChI=1S/C15H9Cl2N3O5S2/c1-25-11(21)6-19-13-8(3-2-7(16)12(13)17)27-15(19)18-14(22)9-4-5-10(26-9)20(23)24/h2-5H,6H2,1H3. The molecule has 0 radical (unpaired) electrons. The van der Waals surface area contributed by atoms with Crippen LogP contribution in [0.3, 0.4) is 0 Å². The molecule has 0 bridgehead atoms. The van der Waals surface area contributed by atoms with Crippen LogP contribution in [0.15, 0.2) is 29.3 Å². The van der Waals surface area contributed by atoms with Crippen molar-refractivity contribution in [1.82, 2.24) is 4.57 Å². The zero-order valence-corrected chi connectivity index (χ0v) is 16.6. The fourth-order valence-electron chi connectivity index (χ4n) is 2.21. The number of nitrogens with zero attached hydrogens (tertiary/aromatic N) is 3. The molecule has 0 spiro atoms. The maximum absolute atomic E-state index is 12.4. The summed E-state index contributed by atoms with van der Waals surface area (Å²) >= 11 is 14.2. The van der Waals surface area contributed by atoms with E-state index in [1.165, 1.54) is 23.8 Å². The molecule has 2 heterocycles. The van der Waals surface area contributed by atoms with E-state index in [1.807, 2.05) is 0 Å². The average molecular weight is 446 g/mol. The lowest BCUT2D eigenvalue weighted by molar-refractivity contribution is -0.380. The third-order valence-corrected chi connectivity index (χ3v) is 6.29. The molecule has 27 heavy (non-hydrogen) atoms. The number of ether oxygens (including phenoxy) is 1. The predicted molar refractivity (Wildman–Crippen MR) is 103 cm³/mol. The molecule has 8 nitrogen and oxygen atoms in total. The maximum atomic E-state index is 12.4. The summed E-state index contributed by atoms with van der Waals surface area (Å²) < 4.78 is 6.78. The van der Waals surface area contributed by atoms with Crippen molar-refractivity contribution in [3.8, 4) is 0 Å². The van der Waals surface area contributed by atoms with Gasteiger partial charge < -0.3 is 9.30 Å². The number of aromatic nitrogens is 1. The summed E-state index contributed by atoms with van der Waals surface area (Å²) in [6.45, 7) is -0.229. The summed E-state index contributed by atoms with van der Waals surface area (Å²) in [5.41, 5.74) is 0.447. The minimum absolute atomic E-state index is 0.105. The fraction of sp³-hybridized carbons (Fsp3) is 0.133. The van der Waals surface area contributed by atoms with E-state index in [9.17, 15) is 19.7 Å². The van der Waals surface area contributed by atoms with Crippen molar-refractivity contribution in [3.05, 3.63) is 54.1 Å². The van der Waals surface area contributed by atoms with E-state index in [0.717, 1.165) is 22.7 Å². The largest absolute Gasteiger partial charge is 0.468 e. The van der Waals surface area contributed by atoms with Gasteiger partial charge in [-0.2, -0.15) is 4.99 Å². The van der Waals surface area contributed by atoms with Gasteiger partial charge in [0, 0.05) is 6.07 Å². The molecule has 12 heteroatoms. The molecule has 0 fully saturated rings. The van der Waals surface area contributed by atoms with Gasteiger partial charge in [-0.15, -0.1) is 0 Å². The SMILES string of the molecule is COC(=O)Cn1c(=NC(=O)c2ccc([N+](=O)[O-])s2)sc2ccc(Cl)c(Cl)c21. The van der Waals surface area contributed by atoms with Crippen LogP contribution in [0.2, 0.25) is 10.0 Å². The number of hydrogen-bond donors (Lipinski definition) is 0. The van der Waals surface area contributed by atoms with Crippen molar-refractivity contribution >= 4 is 73.0 Å². The van der Waals surface area contributed by atoms with Gasteiger partial charge in [0.25, 0.3) is 5.91 Å². The van der Waals surface area contributed by atoms with Gasteiger partial charge in [-0.25, -0.2) is 0 Å². The molecule has 3 aromatic rings. The third-order valence-electron chi connectivity index (χ3n) is 3.43. The van der Waals surface area contributed by atoms with Crippen molar-refractivity contribution in [2.75, 3.05) is 7.11 Å². The van der Waals surface area contributed by atoms with E-state index in [1.54, 1.807) is 12.1 Å². The Kier molecular flexibility index (Phi) is 5.61. The third kappa shape index (κ3) is 3.88. The monoisotopic (exact) mass is 445 g/mol. The molecule has 0 saturated carbocycles. The first-order chi connectivity index (χ1) is 12.8. The number of carbonyl (C=O) groups is 2. The van der Waals surface area contributed by atoms with E-state index in [4.69, 9.17) is 23.2 Å². The Morgan fingerprint density at radius 2 is 2.00 bits per heavy atom. The number of nitro groups is 1. The zero-order chi connectivity index (χ0) is 19.7. The molecular formula is C15H9Cl2N3O5S2. The maximum Gasteiger partial charge on any atom is 0.325 e. The highest BCUT2D eigenvalue weighted by atomic mass is 35.5. The zero-order valence-electron chi connectivity index (χ0n) is 13.5. The Morgan fingerprint density at radius 1 is 1.26 bits per heavy atom. The number of methoxy groups -OCH3 is 1. The van der Waals surface area contributed by atoms with E-state index in [2.05, 4.69) is 9.73 Å². The quantitative estimate of drug-likeness (QED) is 0.344. The van der Waals surface area contributed by atoms with Crippen molar-refractivity contribution in [3.63, 3.8) is 0 Å². The normalized spacial score (nSPS) is 11.7. The summed E-state index contributed by atoms with van der Waals surface area (Å²) in [4.78, 5) is 38.7. The minimum Gasteiger partial charge on any atom is -0.468 e. The van der Waals surface area contributed by atoms with Crippen LogP contribution in [0.4, 0.5) is 5.00 Å². The van der Waals surface area contributed by atoms with Crippen LogP contribution in [0.25, 0.3) is 10.2 Å². The van der Waals surface area contributed by atoms with Crippen molar-refractivity contribution < 1.29 is 19.2 Å². The molecule has 1 aromatic carbocycles. The number of fused-ring (bicyclic) bond motifs is 1. The Morgan fingerprint density at radius 3 is 2.63 bits per heavy atom. The molecule has 0 aliphatic carbocycles. The van der Waals surface area contributed by atoms with Gasteiger partial charge >= 0.3 is 11.0 Å². The second kappa shape index (κ2) is 7.77. The number of amides is 1. The van der Waals surface area contributed by atoms with Gasteiger partial charge in [-0.3, -0.25) is 19.7 Å². The summed E-state index contributed by atoms with van der Waals surface area (Å²) in [5.74, 6) is -1.23. The molecule has 140 valence electrons. The summed E-state index contributed by atoms with van der Waals surface area (Å²) in [6, 6.07) is 5.86. The number of thiazole rings is 1. The fourth-order valence-corrected chi connectivity index (χ4v) is 4.43. The first-order valence-corrected chi connectivity index (χ1v) is 9.58. The molecule has 0 unspecified atom stereocenters. The average Bonchev–Trinajstić information content (AvgIpc) is 3.24. The Bertz CT molecular complexity index is 1150. The number of esters is 1. The van der Waals surface area contributed by atoms with Crippen LogP contribution < -0.4 is 4.80 Å². The molecule has 3 rings (SSSR count). The summed E-state index contributed by atoms with van der Waals surface area (Å²) in [5, 5.41) is 11.1. The van der Waals surface area contributed by atoms with Crippen LogP contribution in [-0.2, 0) is 16.1 Å². The molecule has 0 aliphatic rings. The highest BCUT2D eigenvalue weighted by Crippen LogP contribution is 2.32. The second-order valence-electron chi connectivity index (χ2n) is 5.07. The predicted octanol–water partition coefficient (Wildman–Crippen LogP) is 3.89. The number of thiophene rings is 1. The van der Waals surface area contributed by atoms with Crippen LogP contribution in [-0.4, -0.2) is 28.5 Å². The van der Waals surface area contributed by atoms with Gasteiger partial charge in [0.15, 0.2) is 4.80 Å². The molecular weight excluding hydrogens is 437 g/mol. The molecule has 2 aromatic heterocycles. The van der Waals surface area contributed by atoms with E-state index in [-0.39, 0.29) is 31.3 Å². The Labute approximate surface area is 169 Å². The molecule has 0 aliphatic heterocycles. The van der Waals surface area contributed by atoms with Gasteiger partial charge in [0.1, 0.15) is 11.4 Å². The van der Waals surface area contributed by atoms with Gasteiger partial charge in [-0.05, 0) is 18.2 Å². The van der Waals surface area contributed by atoms with Crippen LogP contribution in [0, 0.1) is 10.1 Å². The number of benzene rings is 1.